The smallest absolute Gasteiger partial charge is 0.123 e. The Morgan fingerprint density at radius 2 is 2.29 bits per heavy atom. The Labute approximate surface area is 112 Å². The minimum absolute atomic E-state index is 0.627. The van der Waals surface area contributed by atoms with Crippen LogP contribution >= 0.6 is 23.2 Å². The molecule has 1 atom stereocenters. The summed E-state index contributed by atoms with van der Waals surface area (Å²) in [5.41, 5.74) is 1.15. The number of methoxy groups -OCH3 is 1. The number of halogens is 2. The molecule has 0 amide bonds. The van der Waals surface area contributed by atoms with Gasteiger partial charge in [0.1, 0.15) is 5.75 Å². The molecule has 1 aliphatic rings. The van der Waals surface area contributed by atoms with Gasteiger partial charge in [-0.2, -0.15) is 0 Å². The highest BCUT2D eigenvalue weighted by molar-refractivity contribution is 6.30. The van der Waals surface area contributed by atoms with Crippen molar-refractivity contribution in [2.75, 3.05) is 26.1 Å². The number of benzene rings is 1. The third-order valence-corrected chi connectivity index (χ3v) is 3.90. The van der Waals surface area contributed by atoms with E-state index in [1.54, 1.807) is 7.11 Å². The maximum Gasteiger partial charge on any atom is 0.123 e. The molecule has 2 nitrogen and oxygen atoms in total. The summed E-state index contributed by atoms with van der Waals surface area (Å²) in [6.45, 7) is 3.06. The fourth-order valence-corrected chi connectivity index (χ4v) is 2.74. The minimum atomic E-state index is 0.627. The maximum atomic E-state index is 6.02. The average Bonchev–Trinajstić information content (AvgIpc) is 2.77. The zero-order chi connectivity index (χ0) is 12.3. The number of nitrogens with zero attached hydrogens (tertiary/aromatic N) is 1. The van der Waals surface area contributed by atoms with E-state index in [0.717, 1.165) is 41.8 Å². The van der Waals surface area contributed by atoms with Crippen molar-refractivity contribution in [1.29, 1.82) is 0 Å². The molecule has 0 spiro atoms. The van der Waals surface area contributed by atoms with E-state index in [0.29, 0.717) is 5.92 Å². The van der Waals surface area contributed by atoms with Gasteiger partial charge in [0.15, 0.2) is 0 Å². The number of hydrogen-bond acceptors (Lipinski definition) is 2. The monoisotopic (exact) mass is 273 g/mol. The van der Waals surface area contributed by atoms with Crippen LogP contribution in [0, 0.1) is 5.92 Å². The van der Waals surface area contributed by atoms with Crippen LogP contribution in [0.3, 0.4) is 0 Å². The van der Waals surface area contributed by atoms with E-state index in [1.807, 2.05) is 18.2 Å². The number of ether oxygens (including phenoxy) is 1. The van der Waals surface area contributed by atoms with Crippen molar-refractivity contribution in [2.45, 2.75) is 13.0 Å². The molecular weight excluding hydrogens is 257 g/mol. The molecule has 1 aromatic carbocycles. The van der Waals surface area contributed by atoms with Crippen molar-refractivity contribution in [2.24, 2.45) is 5.92 Å². The van der Waals surface area contributed by atoms with Crippen LogP contribution in [0.15, 0.2) is 18.2 Å². The molecule has 0 radical (unpaired) electrons. The molecule has 4 heteroatoms. The zero-order valence-corrected chi connectivity index (χ0v) is 11.5. The lowest BCUT2D eigenvalue weighted by molar-refractivity contribution is 0.312. The highest BCUT2D eigenvalue weighted by atomic mass is 35.5. The van der Waals surface area contributed by atoms with Gasteiger partial charge in [-0.05, 0) is 37.1 Å². The van der Waals surface area contributed by atoms with Crippen molar-refractivity contribution in [3.63, 3.8) is 0 Å². The van der Waals surface area contributed by atoms with Gasteiger partial charge in [0.2, 0.25) is 0 Å². The molecule has 0 saturated carbocycles. The van der Waals surface area contributed by atoms with Crippen LogP contribution in [0.4, 0.5) is 0 Å². The molecule has 1 heterocycles. The van der Waals surface area contributed by atoms with Gasteiger partial charge in [-0.1, -0.05) is 11.6 Å². The number of rotatable bonds is 4. The van der Waals surface area contributed by atoms with Crippen LogP contribution in [0.5, 0.6) is 5.75 Å². The van der Waals surface area contributed by atoms with E-state index >= 15 is 0 Å². The lowest BCUT2D eigenvalue weighted by atomic mass is 10.1. The molecule has 1 aliphatic heterocycles. The second-order valence-electron chi connectivity index (χ2n) is 4.50. The zero-order valence-electron chi connectivity index (χ0n) is 9.96. The van der Waals surface area contributed by atoms with Gasteiger partial charge in [0, 0.05) is 29.6 Å². The number of likely N-dealkylation sites (tertiary alicyclic amines) is 1. The van der Waals surface area contributed by atoms with E-state index in [-0.39, 0.29) is 0 Å². The molecule has 1 saturated heterocycles. The van der Waals surface area contributed by atoms with Gasteiger partial charge in [0.25, 0.3) is 0 Å². The first kappa shape index (κ1) is 13.0. The maximum absolute atomic E-state index is 6.02. The van der Waals surface area contributed by atoms with Crippen molar-refractivity contribution in [1.82, 2.24) is 4.90 Å². The van der Waals surface area contributed by atoms with E-state index in [4.69, 9.17) is 27.9 Å². The second-order valence-corrected chi connectivity index (χ2v) is 5.25. The molecule has 0 aromatic heterocycles. The van der Waals surface area contributed by atoms with Gasteiger partial charge in [-0.15, -0.1) is 11.6 Å². The molecule has 0 N–H and O–H groups in total. The quantitative estimate of drug-likeness (QED) is 0.780. The third kappa shape index (κ3) is 3.27. The molecule has 1 unspecified atom stereocenters. The second kappa shape index (κ2) is 5.94. The third-order valence-electron chi connectivity index (χ3n) is 3.22. The molecule has 0 aliphatic carbocycles. The van der Waals surface area contributed by atoms with Gasteiger partial charge in [-0.25, -0.2) is 0 Å². The lowest BCUT2D eigenvalue weighted by Gasteiger charge is -2.17. The molecule has 94 valence electrons. The SMILES string of the molecule is COc1ccc(Cl)cc1CN1CCC(CCl)C1. The summed E-state index contributed by atoms with van der Waals surface area (Å²) in [5.74, 6) is 2.29. The van der Waals surface area contributed by atoms with E-state index in [9.17, 15) is 0 Å². The van der Waals surface area contributed by atoms with Crippen LogP contribution in [-0.4, -0.2) is 31.0 Å². The Hall–Kier alpha value is -0.440. The fraction of sp³-hybridized carbons (Fsp3) is 0.538. The Kier molecular flexibility index (Phi) is 4.55. The van der Waals surface area contributed by atoms with Crippen molar-refractivity contribution < 1.29 is 4.74 Å². The van der Waals surface area contributed by atoms with Gasteiger partial charge >= 0.3 is 0 Å². The highest BCUT2D eigenvalue weighted by Gasteiger charge is 2.22. The fourth-order valence-electron chi connectivity index (χ4n) is 2.29. The first-order valence-corrected chi connectivity index (χ1v) is 6.75. The Balaban J connectivity index is 2.05. The normalized spacial score (nSPS) is 20.8. The lowest BCUT2D eigenvalue weighted by Crippen LogP contribution is -2.20. The Morgan fingerprint density at radius 3 is 2.94 bits per heavy atom. The molecule has 1 aromatic rings. The number of alkyl halides is 1. The average molecular weight is 274 g/mol. The summed E-state index contributed by atoms with van der Waals surface area (Å²) < 4.78 is 5.35. The van der Waals surface area contributed by atoms with Crippen LogP contribution in [0.25, 0.3) is 0 Å². The first-order chi connectivity index (χ1) is 8.22. The summed E-state index contributed by atoms with van der Waals surface area (Å²) in [5, 5.41) is 0.758. The van der Waals surface area contributed by atoms with Crippen molar-refractivity contribution >= 4 is 23.2 Å². The standard InChI is InChI=1S/C13H17Cl2NO/c1-17-13-3-2-12(15)6-11(13)9-16-5-4-10(7-14)8-16/h2-3,6,10H,4-5,7-9H2,1H3. The largest absolute Gasteiger partial charge is 0.496 e. The predicted octanol–water partition coefficient (Wildman–Crippen LogP) is 3.41. The Bertz CT molecular complexity index is 384. The van der Waals surface area contributed by atoms with Crippen molar-refractivity contribution in [3.8, 4) is 5.75 Å². The van der Waals surface area contributed by atoms with E-state index < -0.39 is 0 Å². The highest BCUT2D eigenvalue weighted by Crippen LogP contribution is 2.26. The first-order valence-electron chi connectivity index (χ1n) is 5.83. The van der Waals surface area contributed by atoms with Crippen LogP contribution in [0.2, 0.25) is 5.02 Å². The topological polar surface area (TPSA) is 12.5 Å². The van der Waals surface area contributed by atoms with Crippen LogP contribution < -0.4 is 4.74 Å². The van der Waals surface area contributed by atoms with Gasteiger partial charge < -0.3 is 4.74 Å². The van der Waals surface area contributed by atoms with Gasteiger partial charge in [0.05, 0.1) is 7.11 Å². The van der Waals surface area contributed by atoms with Crippen molar-refractivity contribution in [3.05, 3.63) is 28.8 Å². The molecule has 17 heavy (non-hydrogen) atoms. The summed E-state index contributed by atoms with van der Waals surface area (Å²) >= 11 is 11.9. The van der Waals surface area contributed by atoms with Gasteiger partial charge in [-0.3, -0.25) is 4.90 Å². The number of hydrogen-bond donors (Lipinski definition) is 0. The summed E-state index contributed by atoms with van der Waals surface area (Å²) in [4.78, 5) is 2.40. The van der Waals surface area contributed by atoms with Crippen LogP contribution in [0.1, 0.15) is 12.0 Å². The summed E-state index contributed by atoms with van der Waals surface area (Å²) in [6, 6.07) is 5.76. The van der Waals surface area contributed by atoms with E-state index in [1.165, 1.54) is 6.42 Å². The molecule has 1 fully saturated rings. The predicted molar refractivity (Wildman–Crippen MR) is 72.1 cm³/mol. The Morgan fingerprint density at radius 1 is 1.47 bits per heavy atom. The molecule has 2 rings (SSSR count). The van der Waals surface area contributed by atoms with Crippen LogP contribution in [-0.2, 0) is 6.54 Å². The molecular formula is C13H17Cl2NO. The molecule has 0 bridgehead atoms. The van der Waals surface area contributed by atoms with E-state index in [2.05, 4.69) is 4.90 Å². The minimum Gasteiger partial charge on any atom is -0.496 e. The summed E-state index contributed by atoms with van der Waals surface area (Å²) in [7, 11) is 1.69. The summed E-state index contributed by atoms with van der Waals surface area (Å²) in [6.07, 6.45) is 1.19.